The number of hydrogen-bond donors (Lipinski definition) is 1. The number of ether oxygens (including phenoxy) is 1. The van der Waals surface area contributed by atoms with Gasteiger partial charge in [-0.25, -0.2) is 9.48 Å². The normalized spacial score (nSPS) is 12.0. The van der Waals surface area contributed by atoms with Crippen LogP contribution in [0.25, 0.3) is 32.8 Å². The fraction of sp³-hybridized carbons (Fsp3) is 0.273. The van der Waals surface area contributed by atoms with E-state index in [2.05, 4.69) is 24.7 Å². The number of carboxylic acid groups (broad SMARTS) is 1. The maximum atomic E-state index is 11.9. The molecule has 0 bridgehead atoms. The van der Waals surface area contributed by atoms with Gasteiger partial charge in [-0.3, -0.25) is 14.7 Å². The molecule has 0 aliphatic rings. The van der Waals surface area contributed by atoms with Crippen LogP contribution in [0.15, 0.2) is 48.9 Å². The van der Waals surface area contributed by atoms with Crippen LogP contribution in [0.3, 0.4) is 0 Å². The molecule has 32 heavy (non-hydrogen) atoms. The molecule has 9 nitrogen and oxygen atoms in total. The smallest absolute Gasteiger partial charge is 0.415 e. The van der Waals surface area contributed by atoms with E-state index in [1.807, 2.05) is 0 Å². The van der Waals surface area contributed by atoms with Gasteiger partial charge in [-0.1, -0.05) is 31.8 Å². The van der Waals surface area contributed by atoms with Gasteiger partial charge >= 0.3 is 6.09 Å². The number of nitro groups is 1. The van der Waals surface area contributed by atoms with Crippen LogP contribution < -0.4 is 0 Å². The molecule has 1 N–H and O–H groups in total. The molecule has 0 amide bonds. The maximum Gasteiger partial charge on any atom is 0.415 e. The Balaban J connectivity index is 1.69. The van der Waals surface area contributed by atoms with E-state index in [4.69, 9.17) is 4.74 Å². The fourth-order valence-corrected chi connectivity index (χ4v) is 4.31. The van der Waals surface area contributed by atoms with Crippen molar-refractivity contribution in [3.8, 4) is 11.1 Å². The van der Waals surface area contributed by atoms with Crippen LogP contribution >= 0.6 is 0 Å². The molecule has 2 heterocycles. The van der Waals surface area contributed by atoms with Crippen LogP contribution in [0.5, 0.6) is 0 Å². The number of hydrogen-bond acceptors (Lipinski definition) is 5. The first-order valence-electron chi connectivity index (χ1n) is 10.2. The summed E-state index contributed by atoms with van der Waals surface area (Å²) in [5.41, 5.74) is 1.67. The monoisotopic (exact) mass is 452 g/mol. The van der Waals surface area contributed by atoms with Crippen molar-refractivity contribution in [3.63, 3.8) is 0 Å². The Morgan fingerprint density at radius 3 is 2.59 bits per heavy atom. The molecule has 0 aliphatic heterocycles. The minimum atomic E-state index is -1.20. The first-order valence-corrected chi connectivity index (χ1v) is 13.9. The standard InChI is InChI=1S/C22H24N4O5Si/c1-32(2,3)7-6-31-14-25-20-10-21(26(29)30)19(9-17(20)11-23-25)15-4-5-16-12-24(22(27)28)13-18(16)8-15/h4-5,8-13H,6-7,14H2,1-3H3,(H,27,28). The van der Waals surface area contributed by atoms with E-state index in [0.29, 0.717) is 28.6 Å². The van der Waals surface area contributed by atoms with Gasteiger partial charge in [0, 0.05) is 49.3 Å². The number of rotatable bonds is 7. The molecule has 0 atom stereocenters. The molecule has 166 valence electrons. The van der Waals surface area contributed by atoms with Crippen LogP contribution in [-0.2, 0) is 11.5 Å². The average Bonchev–Trinajstić information content (AvgIpc) is 3.32. The van der Waals surface area contributed by atoms with Gasteiger partial charge in [-0.15, -0.1) is 0 Å². The Labute approximate surface area is 185 Å². The van der Waals surface area contributed by atoms with Gasteiger partial charge < -0.3 is 9.84 Å². The van der Waals surface area contributed by atoms with E-state index in [9.17, 15) is 20.0 Å². The van der Waals surface area contributed by atoms with Gasteiger partial charge in [0.1, 0.15) is 6.73 Å². The third-order valence-corrected chi connectivity index (χ3v) is 7.05. The second-order valence-electron chi connectivity index (χ2n) is 8.97. The molecular weight excluding hydrogens is 428 g/mol. The predicted molar refractivity (Wildman–Crippen MR) is 125 cm³/mol. The van der Waals surface area contributed by atoms with E-state index in [1.54, 1.807) is 35.1 Å². The Hall–Kier alpha value is -3.50. The summed E-state index contributed by atoms with van der Waals surface area (Å²) >= 11 is 0. The van der Waals surface area contributed by atoms with Crippen molar-refractivity contribution in [2.45, 2.75) is 32.4 Å². The highest BCUT2D eigenvalue weighted by Crippen LogP contribution is 2.35. The molecule has 4 rings (SSSR count). The van der Waals surface area contributed by atoms with E-state index in [1.165, 1.54) is 18.5 Å². The minimum Gasteiger partial charge on any atom is -0.464 e. The summed E-state index contributed by atoms with van der Waals surface area (Å²) in [5, 5.41) is 27.6. The Kier molecular flexibility index (Phi) is 5.57. The summed E-state index contributed by atoms with van der Waals surface area (Å²) in [7, 11) is -1.20. The Morgan fingerprint density at radius 2 is 1.91 bits per heavy atom. The summed E-state index contributed by atoms with van der Waals surface area (Å²) in [6, 6.07) is 9.57. The largest absolute Gasteiger partial charge is 0.464 e. The average molecular weight is 453 g/mol. The molecule has 10 heteroatoms. The molecule has 0 radical (unpaired) electrons. The number of fused-ring (bicyclic) bond motifs is 2. The van der Waals surface area contributed by atoms with E-state index >= 15 is 0 Å². The highest BCUT2D eigenvalue weighted by molar-refractivity contribution is 6.76. The molecule has 0 fully saturated rings. The molecule has 0 saturated carbocycles. The van der Waals surface area contributed by atoms with Crippen molar-refractivity contribution in [1.82, 2.24) is 14.3 Å². The third-order valence-electron chi connectivity index (χ3n) is 5.34. The SMILES string of the molecule is C[Si](C)(C)CCOCn1ncc2cc(-c3ccc4cn(C(=O)O)cc4c3)c([N+](=O)[O-])cc21. The van der Waals surface area contributed by atoms with Gasteiger partial charge in [0.15, 0.2) is 0 Å². The maximum absolute atomic E-state index is 11.9. The van der Waals surface area contributed by atoms with Crippen LogP contribution in [0.2, 0.25) is 25.7 Å². The van der Waals surface area contributed by atoms with Gasteiger partial charge in [-0.05, 0) is 23.7 Å². The van der Waals surface area contributed by atoms with Gasteiger partial charge in [0.25, 0.3) is 5.69 Å². The zero-order chi connectivity index (χ0) is 23.0. The van der Waals surface area contributed by atoms with Crippen molar-refractivity contribution in [2.24, 2.45) is 0 Å². The number of aromatic nitrogens is 3. The first kappa shape index (κ1) is 21.7. The van der Waals surface area contributed by atoms with Gasteiger partial charge in [0.05, 0.1) is 22.2 Å². The predicted octanol–water partition coefficient (Wildman–Crippen LogP) is 5.40. The van der Waals surface area contributed by atoms with Crippen molar-refractivity contribution in [3.05, 3.63) is 59.0 Å². The van der Waals surface area contributed by atoms with Crippen molar-refractivity contribution < 1.29 is 19.6 Å². The lowest BCUT2D eigenvalue weighted by atomic mass is 10.00. The van der Waals surface area contributed by atoms with Gasteiger partial charge in [0.2, 0.25) is 0 Å². The topological polar surface area (TPSA) is 112 Å². The molecule has 2 aromatic heterocycles. The third kappa shape index (κ3) is 4.41. The lowest BCUT2D eigenvalue weighted by Crippen LogP contribution is -2.22. The molecule has 0 saturated heterocycles. The fourth-order valence-electron chi connectivity index (χ4n) is 3.55. The second-order valence-corrected chi connectivity index (χ2v) is 14.6. The zero-order valence-electron chi connectivity index (χ0n) is 18.1. The van der Waals surface area contributed by atoms with Crippen LogP contribution in [0.1, 0.15) is 0 Å². The second kappa shape index (κ2) is 8.21. The van der Waals surface area contributed by atoms with E-state index < -0.39 is 19.1 Å². The van der Waals surface area contributed by atoms with Crippen LogP contribution in [-0.4, -0.2) is 45.2 Å². The van der Waals surface area contributed by atoms with Crippen LogP contribution in [0.4, 0.5) is 10.5 Å². The number of carbonyl (C=O) groups is 1. The van der Waals surface area contributed by atoms with Crippen LogP contribution in [0, 0.1) is 10.1 Å². The number of benzene rings is 2. The highest BCUT2D eigenvalue weighted by atomic mass is 28.3. The van der Waals surface area contributed by atoms with Gasteiger partial charge in [-0.2, -0.15) is 5.10 Å². The molecule has 0 aliphatic carbocycles. The number of nitrogens with zero attached hydrogens (tertiary/aromatic N) is 4. The van der Waals surface area contributed by atoms with Crippen molar-refractivity contribution >= 4 is 41.5 Å². The zero-order valence-corrected chi connectivity index (χ0v) is 19.1. The summed E-state index contributed by atoms with van der Waals surface area (Å²) < 4.78 is 8.46. The lowest BCUT2D eigenvalue weighted by Gasteiger charge is -2.15. The summed E-state index contributed by atoms with van der Waals surface area (Å²) in [6.07, 6.45) is 3.57. The molecule has 0 spiro atoms. The summed E-state index contributed by atoms with van der Waals surface area (Å²) in [5.74, 6) is 0. The first-order chi connectivity index (χ1) is 15.1. The molecule has 4 aromatic rings. The Morgan fingerprint density at radius 1 is 1.16 bits per heavy atom. The summed E-state index contributed by atoms with van der Waals surface area (Å²) in [6.45, 7) is 7.70. The Bertz CT molecular complexity index is 1340. The quantitative estimate of drug-likeness (QED) is 0.174. The van der Waals surface area contributed by atoms with E-state index in [-0.39, 0.29) is 12.4 Å². The van der Waals surface area contributed by atoms with Crippen molar-refractivity contribution in [2.75, 3.05) is 6.61 Å². The highest BCUT2D eigenvalue weighted by Gasteiger charge is 2.20. The summed E-state index contributed by atoms with van der Waals surface area (Å²) in [4.78, 5) is 22.7. The molecule has 2 aromatic carbocycles. The molecule has 0 unspecified atom stereocenters. The molecular formula is C22H24N4O5Si. The van der Waals surface area contributed by atoms with E-state index in [0.717, 1.165) is 21.4 Å². The number of nitro benzene ring substituents is 1. The van der Waals surface area contributed by atoms with Crippen molar-refractivity contribution in [1.29, 1.82) is 0 Å². The lowest BCUT2D eigenvalue weighted by molar-refractivity contribution is -0.384. The minimum absolute atomic E-state index is 0.0432.